The molecular weight excluding hydrogens is 465 g/mol. The summed E-state index contributed by atoms with van der Waals surface area (Å²) in [6.07, 6.45) is -3.67. The number of hydrogen-bond acceptors (Lipinski definition) is 5. The molecule has 1 atom stereocenters. The molecule has 1 unspecified atom stereocenters. The van der Waals surface area contributed by atoms with Crippen molar-refractivity contribution < 1.29 is 32.3 Å². The number of carbonyl (C=O) groups excluding carboxylic acids is 3. The number of rotatable bonds is 7. The number of urea groups is 1. The summed E-state index contributed by atoms with van der Waals surface area (Å²) in [4.78, 5) is 40.4. The molecule has 11 heteroatoms. The zero-order valence-electron chi connectivity index (χ0n) is 18.8. The molecule has 186 valence electrons. The molecule has 0 saturated carbocycles. The lowest BCUT2D eigenvalue weighted by atomic mass is 10.1. The van der Waals surface area contributed by atoms with Gasteiger partial charge in [-0.05, 0) is 36.6 Å². The molecule has 0 bridgehead atoms. The maximum atomic E-state index is 13.3. The summed E-state index contributed by atoms with van der Waals surface area (Å²) in [5.74, 6) is -1.32. The fraction of sp³-hybridized carbons (Fsp3) is 0.375. The van der Waals surface area contributed by atoms with Crippen molar-refractivity contribution in [1.29, 1.82) is 0 Å². The van der Waals surface area contributed by atoms with Crippen LogP contribution < -0.4 is 15.5 Å². The second kappa shape index (κ2) is 10.3. The Hall–Kier alpha value is -3.60. The molecule has 2 fully saturated rings. The third kappa shape index (κ3) is 5.91. The van der Waals surface area contributed by atoms with E-state index >= 15 is 0 Å². The molecule has 2 heterocycles. The monoisotopic (exact) mass is 490 g/mol. The Labute approximate surface area is 200 Å². The molecule has 0 spiro atoms. The van der Waals surface area contributed by atoms with E-state index in [9.17, 15) is 27.6 Å². The van der Waals surface area contributed by atoms with Gasteiger partial charge in [-0.1, -0.05) is 30.3 Å². The van der Waals surface area contributed by atoms with Gasteiger partial charge in [-0.25, -0.2) is 4.79 Å². The molecule has 2 aromatic rings. The first-order valence-electron chi connectivity index (χ1n) is 11.2. The Morgan fingerprint density at radius 3 is 2.49 bits per heavy atom. The average Bonchev–Trinajstić information content (AvgIpc) is 3.11. The minimum atomic E-state index is -4.60. The third-order valence-corrected chi connectivity index (χ3v) is 5.92. The number of hydrogen-bond donors (Lipinski definition) is 2. The normalized spacial score (nSPS) is 18.5. The van der Waals surface area contributed by atoms with E-state index in [0.717, 1.165) is 22.6 Å². The van der Waals surface area contributed by atoms with Gasteiger partial charge in [-0.15, -0.1) is 0 Å². The highest BCUT2D eigenvalue weighted by Crippen LogP contribution is 2.35. The van der Waals surface area contributed by atoms with Gasteiger partial charge in [0, 0.05) is 13.1 Å². The number of alkyl halides is 3. The summed E-state index contributed by atoms with van der Waals surface area (Å²) < 4.78 is 45.2. The summed E-state index contributed by atoms with van der Waals surface area (Å²) in [7, 11) is 0. The Morgan fingerprint density at radius 1 is 1.09 bits per heavy atom. The van der Waals surface area contributed by atoms with E-state index in [2.05, 4.69) is 10.6 Å². The number of ether oxygens (including phenoxy) is 1. The van der Waals surface area contributed by atoms with E-state index in [1.807, 2.05) is 35.2 Å². The van der Waals surface area contributed by atoms with Crippen molar-refractivity contribution in [2.24, 2.45) is 0 Å². The maximum absolute atomic E-state index is 13.3. The number of nitrogens with zero attached hydrogens (tertiary/aromatic N) is 2. The molecule has 4 rings (SSSR count). The highest BCUT2D eigenvalue weighted by atomic mass is 19.4. The van der Waals surface area contributed by atoms with Crippen LogP contribution in [0, 0.1) is 0 Å². The predicted octanol–water partition coefficient (Wildman–Crippen LogP) is 3.03. The lowest BCUT2D eigenvalue weighted by Crippen LogP contribution is -2.39. The molecule has 0 aromatic heterocycles. The standard InChI is InChI=1S/C24H25F3N4O4/c25-24(26,27)17-7-9-20(30-10-12-35-13-11-30)19(14-17)28-21(32)15-31-22(33)18(29-23(31)34)8-6-16-4-2-1-3-5-16/h1-5,7,9,14,18H,6,8,10-13,15H2,(H,28,32)(H,29,34). The summed E-state index contributed by atoms with van der Waals surface area (Å²) in [5, 5.41) is 5.04. The van der Waals surface area contributed by atoms with Gasteiger partial charge in [-0.3, -0.25) is 14.5 Å². The van der Waals surface area contributed by atoms with Crippen LogP contribution >= 0.6 is 0 Å². The van der Waals surface area contributed by atoms with Gasteiger partial charge in [0.25, 0.3) is 5.91 Å². The first-order chi connectivity index (χ1) is 16.7. The number of benzene rings is 2. The van der Waals surface area contributed by atoms with Crippen molar-refractivity contribution in [2.75, 3.05) is 43.1 Å². The van der Waals surface area contributed by atoms with E-state index in [1.54, 1.807) is 0 Å². The van der Waals surface area contributed by atoms with Crippen LogP contribution in [0.4, 0.5) is 29.3 Å². The van der Waals surface area contributed by atoms with E-state index in [-0.39, 0.29) is 5.69 Å². The molecule has 4 amide bonds. The Morgan fingerprint density at radius 2 is 1.80 bits per heavy atom. The molecular formula is C24H25F3N4O4. The second-order valence-corrected chi connectivity index (χ2v) is 8.33. The summed E-state index contributed by atoms with van der Waals surface area (Å²) in [6, 6.07) is 11.1. The van der Waals surface area contributed by atoms with Crippen LogP contribution in [-0.2, 0) is 26.9 Å². The van der Waals surface area contributed by atoms with Gasteiger partial charge in [0.2, 0.25) is 5.91 Å². The van der Waals surface area contributed by atoms with Crippen LogP contribution in [-0.4, -0.2) is 61.6 Å². The Bertz CT molecular complexity index is 1090. The Kier molecular flexibility index (Phi) is 7.25. The highest BCUT2D eigenvalue weighted by Gasteiger charge is 2.39. The number of halogens is 3. The van der Waals surface area contributed by atoms with Crippen LogP contribution in [0.25, 0.3) is 0 Å². The summed E-state index contributed by atoms with van der Waals surface area (Å²) >= 11 is 0. The van der Waals surface area contributed by atoms with Crippen molar-refractivity contribution >= 4 is 29.2 Å². The van der Waals surface area contributed by atoms with Crippen LogP contribution in [0.2, 0.25) is 0 Å². The second-order valence-electron chi connectivity index (χ2n) is 8.33. The SMILES string of the molecule is O=C(CN1C(=O)NC(CCc2ccccc2)C1=O)Nc1cc(C(F)(F)F)ccc1N1CCOCC1. The lowest BCUT2D eigenvalue weighted by molar-refractivity contribution is -0.137. The minimum absolute atomic E-state index is 0.0422. The van der Waals surface area contributed by atoms with Crippen molar-refractivity contribution in [1.82, 2.24) is 10.2 Å². The Balaban J connectivity index is 1.44. The average molecular weight is 490 g/mol. The number of carbonyl (C=O) groups is 3. The van der Waals surface area contributed by atoms with E-state index in [0.29, 0.717) is 44.8 Å². The van der Waals surface area contributed by atoms with Gasteiger partial charge in [0.1, 0.15) is 12.6 Å². The van der Waals surface area contributed by atoms with Crippen molar-refractivity contribution in [3.8, 4) is 0 Å². The molecule has 0 radical (unpaired) electrons. The molecule has 0 aliphatic carbocycles. The molecule has 2 aliphatic heterocycles. The maximum Gasteiger partial charge on any atom is 0.416 e. The smallest absolute Gasteiger partial charge is 0.378 e. The van der Waals surface area contributed by atoms with Gasteiger partial charge in [0.05, 0.1) is 30.2 Å². The van der Waals surface area contributed by atoms with E-state index in [4.69, 9.17) is 4.74 Å². The molecule has 2 N–H and O–H groups in total. The van der Waals surface area contributed by atoms with E-state index in [1.165, 1.54) is 6.07 Å². The number of imide groups is 1. The number of aryl methyl sites for hydroxylation is 1. The quantitative estimate of drug-likeness (QED) is 0.583. The molecule has 2 aromatic carbocycles. The highest BCUT2D eigenvalue weighted by molar-refractivity contribution is 6.08. The molecule has 35 heavy (non-hydrogen) atoms. The number of nitrogens with one attached hydrogen (secondary N) is 2. The van der Waals surface area contributed by atoms with Crippen LogP contribution in [0.5, 0.6) is 0 Å². The van der Waals surface area contributed by atoms with Crippen molar-refractivity contribution in [3.05, 3.63) is 59.7 Å². The fourth-order valence-corrected chi connectivity index (χ4v) is 4.10. The third-order valence-electron chi connectivity index (χ3n) is 5.92. The summed E-state index contributed by atoms with van der Waals surface area (Å²) in [5.41, 5.74) is 0.457. The van der Waals surface area contributed by atoms with Crippen molar-refractivity contribution in [3.63, 3.8) is 0 Å². The van der Waals surface area contributed by atoms with E-state index < -0.39 is 42.2 Å². The minimum Gasteiger partial charge on any atom is -0.378 e. The van der Waals surface area contributed by atoms with Crippen molar-refractivity contribution in [2.45, 2.75) is 25.1 Å². The lowest BCUT2D eigenvalue weighted by Gasteiger charge is -2.31. The topological polar surface area (TPSA) is 91.0 Å². The van der Waals surface area contributed by atoms with Crippen LogP contribution in [0.1, 0.15) is 17.5 Å². The molecule has 8 nitrogen and oxygen atoms in total. The first-order valence-corrected chi connectivity index (χ1v) is 11.2. The first kappa shape index (κ1) is 24.5. The van der Waals surface area contributed by atoms with Crippen LogP contribution in [0.15, 0.2) is 48.5 Å². The number of amides is 4. The number of morpholine rings is 1. The fourth-order valence-electron chi connectivity index (χ4n) is 4.10. The van der Waals surface area contributed by atoms with Gasteiger partial charge in [0.15, 0.2) is 0 Å². The number of anilines is 2. The zero-order chi connectivity index (χ0) is 25.0. The van der Waals surface area contributed by atoms with Gasteiger partial charge in [-0.2, -0.15) is 13.2 Å². The zero-order valence-corrected chi connectivity index (χ0v) is 18.8. The van der Waals surface area contributed by atoms with Crippen LogP contribution in [0.3, 0.4) is 0 Å². The molecule has 2 saturated heterocycles. The van der Waals surface area contributed by atoms with Gasteiger partial charge < -0.3 is 20.3 Å². The largest absolute Gasteiger partial charge is 0.416 e. The van der Waals surface area contributed by atoms with Gasteiger partial charge >= 0.3 is 12.2 Å². The summed E-state index contributed by atoms with van der Waals surface area (Å²) in [6.45, 7) is 1.10. The predicted molar refractivity (Wildman–Crippen MR) is 122 cm³/mol. The molecule has 2 aliphatic rings.